The van der Waals surface area contributed by atoms with E-state index in [1.54, 1.807) is 18.2 Å². The molecule has 0 radical (unpaired) electrons. The minimum absolute atomic E-state index is 0.0821. The molecule has 1 N–H and O–H groups in total. The number of morpholine rings is 1. The van der Waals surface area contributed by atoms with Crippen LogP contribution in [0.1, 0.15) is 16.7 Å². The number of alkyl halides is 2. The molecular formula is C22H24F2N2O3. The Kier molecular flexibility index (Phi) is 7.72. The molecule has 3 rings (SSSR count). The van der Waals surface area contributed by atoms with Crippen LogP contribution in [0.15, 0.2) is 54.6 Å². The summed E-state index contributed by atoms with van der Waals surface area (Å²) in [6.45, 7) is 1.95. The monoisotopic (exact) mass is 402 g/mol. The molecule has 0 bridgehead atoms. The van der Waals surface area contributed by atoms with Crippen LogP contribution in [0, 0.1) is 0 Å². The maximum absolute atomic E-state index is 12.1. The van der Waals surface area contributed by atoms with Gasteiger partial charge in [0.25, 0.3) is 0 Å². The maximum Gasteiger partial charge on any atom is 0.387 e. The summed E-state index contributed by atoms with van der Waals surface area (Å²) in [6.07, 6.45) is 3.03. The molecule has 0 spiro atoms. The predicted molar refractivity (Wildman–Crippen MR) is 106 cm³/mol. The van der Waals surface area contributed by atoms with Gasteiger partial charge in [0.1, 0.15) is 5.75 Å². The molecule has 2 aromatic rings. The second kappa shape index (κ2) is 10.7. The Morgan fingerprint density at radius 1 is 1.07 bits per heavy atom. The standard InChI is InChI=1S/C22H24F2N2O3/c23-22(24)29-20-8-5-17(6-9-20)7-10-21(27)25-15-18-1-3-19(4-2-18)16-26-11-13-28-14-12-26/h1-10,22H,11-16H2,(H,25,27)/b10-7+. The van der Waals surface area contributed by atoms with Crippen LogP contribution in [0.4, 0.5) is 8.78 Å². The molecule has 7 heteroatoms. The van der Waals surface area contributed by atoms with Crippen molar-refractivity contribution >= 4 is 12.0 Å². The van der Waals surface area contributed by atoms with Gasteiger partial charge in [-0.2, -0.15) is 8.78 Å². The number of carbonyl (C=O) groups excluding carboxylic acids is 1. The van der Waals surface area contributed by atoms with Crippen LogP contribution in [-0.2, 0) is 22.6 Å². The summed E-state index contributed by atoms with van der Waals surface area (Å²) in [6, 6.07) is 14.3. The molecule has 0 unspecified atom stereocenters. The third-order valence-electron chi connectivity index (χ3n) is 4.53. The van der Waals surface area contributed by atoms with Crippen molar-refractivity contribution < 1.29 is 23.0 Å². The zero-order valence-corrected chi connectivity index (χ0v) is 16.0. The molecule has 0 aromatic heterocycles. The first-order chi connectivity index (χ1) is 14.1. The predicted octanol–water partition coefficient (Wildman–Crippen LogP) is 3.45. The molecule has 1 fully saturated rings. The fourth-order valence-corrected chi connectivity index (χ4v) is 2.96. The van der Waals surface area contributed by atoms with Crippen LogP contribution in [0.3, 0.4) is 0 Å². The molecule has 0 aliphatic carbocycles. The van der Waals surface area contributed by atoms with Gasteiger partial charge in [-0.15, -0.1) is 0 Å². The summed E-state index contributed by atoms with van der Waals surface area (Å²) in [5.41, 5.74) is 2.97. The average molecular weight is 402 g/mol. The summed E-state index contributed by atoms with van der Waals surface area (Å²) < 4.78 is 33.9. The van der Waals surface area contributed by atoms with Crippen molar-refractivity contribution in [2.24, 2.45) is 0 Å². The van der Waals surface area contributed by atoms with Gasteiger partial charge in [0.05, 0.1) is 13.2 Å². The lowest BCUT2D eigenvalue weighted by atomic mass is 10.1. The van der Waals surface area contributed by atoms with E-state index in [0.29, 0.717) is 12.1 Å². The number of halogens is 2. The zero-order valence-electron chi connectivity index (χ0n) is 16.0. The number of rotatable bonds is 8. The SMILES string of the molecule is O=C(/C=C/c1ccc(OC(F)F)cc1)NCc1ccc(CN2CCOCC2)cc1. The second-order valence-electron chi connectivity index (χ2n) is 6.70. The van der Waals surface area contributed by atoms with E-state index in [-0.39, 0.29) is 11.7 Å². The van der Waals surface area contributed by atoms with Crippen molar-refractivity contribution in [1.29, 1.82) is 0 Å². The van der Waals surface area contributed by atoms with Crippen LogP contribution >= 0.6 is 0 Å². The topological polar surface area (TPSA) is 50.8 Å². The van der Waals surface area contributed by atoms with Gasteiger partial charge in [0.2, 0.25) is 5.91 Å². The molecule has 1 aliphatic heterocycles. The van der Waals surface area contributed by atoms with Crippen LogP contribution in [0.5, 0.6) is 5.75 Å². The van der Waals surface area contributed by atoms with Gasteiger partial charge in [-0.3, -0.25) is 9.69 Å². The molecule has 0 saturated carbocycles. The number of benzene rings is 2. The van der Waals surface area contributed by atoms with Gasteiger partial charge >= 0.3 is 6.61 Å². The molecule has 1 heterocycles. The van der Waals surface area contributed by atoms with Crippen molar-refractivity contribution in [3.63, 3.8) is 0 Å². The van der Waals surface area contributed by atoms with Crippen molar-refractivity contribution in [2.45, 2.75) is 19.7 Å². The van der Waals surface area contributed by atoms with Gasteiger partial charge in [-0.1, -0.05) is 36.4 Å². The summed E-state index contributed by atoms with van der Waals surface area (Å²) in [4.78, 5) is 14.3. The quantitative estimate of drug-likeness (QED) is 0.688. The van der Waals surface area contributed by atoms with Crippen molar-refractivity contribution in [1.82, 2.24) is 10.2 Å². The van der Waals surface area contributed by atoms with Crippen molar-refractivity contribution in [2.75, 3.05) is 26.3 Å². The van der Waals surface area contributed by atoms with Crippen LogP contribution in [0.2, 0.25) is 0 Å². The Bertz CT molecular complexity index is 802. The molecule has 1 saturated heterocycles. The largest absolute Gasteiger partial charge is 0.435 e. The number of hydrogen-bond acceptors (Lipinski definition) is 4. The highest BCUT2D eigenvalue weighted by molar-refractivity contribution is 5.91. The van der Waals surface area contributed by atoms with Crippen LogP contribution in [-0.4, -0.2) is 43.7 Å². The fourth-order valence-electron chi connectivity index (χ4n) is 2.96. The lowest BCUT2D eigenvalue weighted by Gasteiger charge is -2.26. The van der Waals surface area contributed by atoms with E-state index in [1.807, 2.05) is 12.1 Å². The van der Waals surface area contributed by atoms with Crippen LogP contribution < -0.4 is 10.1 Å². The van der Waals surface area contributed by atoms with Crippen molar-refractivity contribution in [3.8, 4) is 5.75 Å². The molecular weight excluding hydrogens is 378 g/mol. The van der Waals surface area contributed by atoms with Gasteiger partial charge in [-0.05, 0) is 34.9 Å². The Labute approximate surface area is 168 Å². The maximum atomic E-state index is 12.1. The summed E-state index contributed by atoms with van der Waals surface area (Å²) in [5.74, 6) is -0.144. The van der Waals surface area contributed by atoms with Gasteiger partial charge in [0, 0.05) is 32.3 Å². The average Bonchev–Trinajstić information content (AvgIpc) is 2.73. The van der Waals surface area contributed by atoms with E-state index in [2.05, 4.69) is 27.1 Å². The zero-order chi connectivity index (χ0) is 20.5. The molecule has 2 aromatic carbocycles. The third-order valence-corrected chi connectivity index (χ3v) is 4.53. The van der Waals surface area contributed by atoms with E-state index in [9.17, 15) is 13.6 Å². The number of hydrogen-bond donors (Lipinski definition) is 1. The number of carbonyl (C=O) groups is 1. The molecule has 1 aliphatic rings. The molecule has 154 valence electrons. The van der Waals surface area contributed by atoms with E-state index in [4.69, 9.17) is 4.74 Å². The Morgan fingerprint density at radius 3 is 2.38 bits per heavy atom. The highest BCUT2D eigenvalue weighted by Crippen LogP contribution is 2.15. The number of nitrogens with zero attached hydrogens (tertiary/aromatic N) is 1. The third kappa shape index (κ3) is 7.29. The van der Waals surface area contributed by atoms with E-state index in [1.165, 1.54) is 23.8 Å². The van der Waals surface area contributed by atoms with Crippen molar-refractivity contribution in [3.05, 3.63) is 71.3 Å². The molecule has 0 atom stereocenters. The summed E-state index contributed by atoms with van der Waals surface area (Å²) in [5, 5.41) is 2.83. The minimum Gasteiger partial charge on any atom is -0.435 e. The number of amides is 1. The first kappa shape index (κ1) is 21.0. The Hall–Kier alpha value is -2.77. The van der Waals surface area contributed by atoms with Crippen LogP contribution in [0.25, 0.3) is 6.08 Å². The molecule has 29 heavy (non-hydrogen) atoms. The van der Waals surface area contributed by atoms with E-state index < -0.39 is 6.61 Å². The minimum atomic E-state index is -2.85. The van der Waals surface area contributed by atoms with Gasteiger partial charge in [-0.25, -0.2) is 0 Å². The fraction of sp³-hybridized carbons (Fsp3) is 0.318. The van der Waals surface area contributed by atoms with Gasteiger partial charge in [0.15, 0.2) is 0 Å². The Morgan fingerprint density at radius 2 is 1.72 bits per heavy atom. The highest BCUT2D eigenvalue weighted by Gasteiger charge is 2.10. The molecule has 5 nitrogen and oxygen atoms in total. The van der Waals surface area contributed by atoms with E-state index >= 15 is 0 Å². The highest BCUT2D eigenvalue weighted by atomic mass is 19.3. The second-order valence-corrected chi connectivity index (χ2v) is 6.70. The first-order valence-corrected chi connectivity index (χ1v) is 9.47. The summed E-state index contributed by atoms with van der Waals surface area (Å²) in [7, 11) is 0. The van der Waals surface area contributed by atoms with Gasteiger partial charge < -0.3 is 14.8 Å². The Balaban J connectivity index is 1.43. The molecule has 1 amide bonds. The summed E-state index contributed by atoms with van der Waals surface area (Å²) >= 11 is 0. The lowest BCUT2D eigenvalue weighted by Crippen LogP contribution is -2.35. The first-order valence-electron chi connectivity index (χ1n) is 9.47. The number of nitrogens with one attached hydrogen (secondary N) is 1. The van der Waals surface area contributed by atoms with E-state index in [0.717, 1.165) is 38.4 Å². The lowest BCUT2D eigenvalue weighted by molar-refractivity contribution is -0.116. The normalized spacial score (nSPS) is 15.0. The smallest absolute Gasteiger partial charge is 0.387 e. The number of ether oxygens (including phenoxy) is 2.